The van der Waals surface area contributed by atoms with Gasteiger partial charge in [-0.3, -0.25) is 24.9 Å². The number of rotatable bonds is 2. The first-order valence-electron chi connectivity index (χ1n) is 4.56. The quantitative estimate of drug-likeness (QED) is 0.497. The van der Waals surface area contributed by atoms with Crippen LogP contribution < -0.4 is 22.3 Å². The van der Waals surface area contributed by atoms with E-state index in [9.17, 15) is 19.2 Å². The predicted octanol–water partition coefficient (Wildman–Crippen LogP) is -1.47. The maximum absolute atomic E-state index is 11.4. The first-order valence-corrected chi connectivity index (χ1v) is 4.56. The molecule has 0 aliphatic heterocycles. The van der Waals surface area contributed by atoms with Gasteiger partial charge in [0.1, 0.15) is 11.4 Å². The number of imide groups is 1. The fraction of sp³-hybridized carbons (Fsp3) is 0.250. The molecule has 0 fully saturated rings. The van der Waals surface area contributed by atoms with E-state index in [1.165, 1.54) is 0 Å². The zero-order chi connectivity index (χ0) is 13.0. The Labute approximate surface area is 94.0 Å². The second-order valence-electron chi connectivity index (χ2n) is 2.87. The van der Waals surface area contributed by atoms with Gasteiger partial charge in [0.15, 0.2) is 0 Å². The Kier molecular flexibility index (Phi) is 3.65. The fourth-order valence-electron chi connectivity index (χ4n) is 1.05. The number of H-pyrrole nitrogens is 2. The van der Waals surface area contributed by atoms with Crippen LogP contribution in [-0.2, 0) is 4.74 Å². The van der Waals surface area contributed by atoms with E-state index in [0.717, 1.165) is 0 Å². The Bertz CT molecular complexity index is 558. The van der Waals surface area contributed by atoms with E-state index >= 15 is 0 Å². The van der Waals surface area contributed by atoms with Crippen molar-refractivity contribution in [1.82, 2.24) is 15.3 Å². The minimum absolute atomic E-state index is 0.0660. The molecule has 0 unspecified atom stereocenters. The first kappa shape index (κ1) is 12.5. The van der Waals surface area contributed by atoms with Gasteiger partial charge in [0.25, 0.3) is 11.5 Å². The molecule has 1 aromatic heterocycles. The smallest absolute Gasteiger partial charge is 0.414 e. The summed E-state index contributed by atoms with van der Waals surface area (Å²) in [6.45, 7) is 1.61. The average Bonchev–Trinajstić information content (AvgIpc) is 2.15. The monoisotopic (exact) mass is 242 g/mol. The summed E-state index contributed by atoms with van der Waals surface area (Å²) in [7, 11) is 0. The molecule has 9 nitrogen and oxygen atoms in total. The molecule has 2 amide bonds. The van der Waals surface area contributed by atoms with Crippen molar-refractivity contribution in [2.45, 2.75) is 6.92 Å². The molecule has 0 saturated heterocycles. The standard InChI is InChI=1S/C8H10N4O5/c1-2-17-8(16)12-6(14)3-4(9)10-7(15)11-5(3)13/h2H2,1H3,(H,12,14,16)(H4,9,10,11,13,15). The lowest BCUT2D eigenvalue weighted by Crippen LogP contribution is -2.38. The number of nitrogens with two attached hydrogens (primary N) is 1. The molecule has 1 rings (SSSR count). The molecule has 9 heteroatoms. The van der Waals surface area contributed by atoms with Crippen LogP contribution in [0.4, 0.5) is 10.6 Å². The number of hydrogen-bond acceptors (Lipinski definition) is 6. The number of carbonyl (C=O) groups excluding carboxylic acids is 2. The number of aromatic nitrogens is 2. The van der Waals surface area contributed by atoms with Crippen LogP contribution in [0.5, 0.6) is 0 Å². The summed E-state index contributed by atoms with van der Waals surface area (Å²) >= 11 is 0. The van der Waals surface area contributed by atoms with E-state index in [1.807, 2.05) is 4.98 Å². The third-order valence-corrected chi connectivity index (χ3v) is 1.69. The lowest BCUT2D eigenvalue weighted by atomic mass is 10.3. The third kappa shape index (κ3) is 2.93. The van der Waals surface area contributed by atoms with Crippen LogP contribution in [0.2, 0.25) is 0 Å². The van der Waals surface area contributed by atoms with E-state index < -0.39 is 34.6 Å². The molecule has 1 aromatic rings. The number of nitrogens with one attached hydrogen (secondary N) is 3. The molecule has 0 aliphatic rings. The molecule has 0 radical (unpaired) electrons. The van der Waals surface area contributed by atoms with Gasteiger partial charge in [0, 0.05) is 0 Å². The topological polar surface area (TPSA) is 147 Å². The summed E-state index contributed by atoms with van der Waals surface area (Å²) in [5, 5.41) is 1.78. The van der Waals surface area contributed by atoms with Gasteiger partial charge in [-0.25, -0.2) is 9.59 Å². The zero-order valence-corrected chi connectivity index (χ0v) is 8.83. The zero-order valence-electron chi connectivity index (χ0n) is 8.83. The van der Waals surface area contributed by atoms with Crippen LogP contribution >= 0.6 is 0 Å². The van der Waals surface area contributed by atoms with E-state index in [2.05, 4.69) is 4.74 Å². The van der Waals surface area contributed by atoms with Crippen LogP contribution in [0.1, 0.15) is 17.3 Å². The minimum atomic E-state index is -1.06. The number of nitrogen functional groups attached to an aromatic ring is 1. The fourth-order valence-corrected chi connectivity index (χ4v) is 1.05. The Morgan fingerprint density at radius 1 is 1.35 bits per heavy atom. The molecule has 0 aliphatic carbocycles. The van der Waals surface area contributed by atoms with Crippen molar-refractivity contribution in [2.75, 3.05) is 12.3 Å². The lowest BCUT2D eigenvalue weighted by molar-refractivity contribution is 0.0924. The molecular formula is C8H10N4O5. The lowest BCUT2D eigenvalue weighted by Gasteiger charge is -2.04. The third-order valence-electron chi connectivity index (χ3n) is 1.69. The van der Waals surface area contributed by atoms with E-state index in [1.54, 1.807) is 17.2 Å². The van der Waals surface area contributed by atoms with Gasteiger partial charge in [0.2, 0.25) is 0 Å². The van der Waals surface area contributed by atoms with Crippen molar-refractivity contribution in [1.29, 1.82) is 0 Å². The number of amides is 2. The van der Waals surface area contributed by atoms with Gasteiger partial charge >= 0.3 is 11.8 Å². The van der Waals surface area contributed by atoms with E-state index in [4.69, 9.17) is 5.73 Å². The molecule has 17 heavy (non-hydrogen) atoms. The summed E-state index contributed by atoms with van der Waals surface area (Å²) in [5.74, 6) is -1.49. The maximum atomic E-state index is 11.4. The molecule has 92 valence electrons. The predicted molar refractivity (Wildman–Crippen MR) is 56.6 cm³/mol. The highest BCUT2D eigenvalue weighted by Gasteiger charge is 2.18. The molecule has 5 N–H and O–H groups in total. The molecule has 0 saturated carbocycles. The number of aromatic amines is 2. The number of alkyl carbamates (subject to hydrolysis) is 1. The Morgan fingerprint density at radius 2 is 2.00 bits per heavy atom. The Hall–Kier alpha value is -2.58. The molecule has 1 heterocycles. The van der Waals surface area contributed by atoms with Crippen molar-refractivity contribution in [3.63, 3.8) is 0 Å². The van der Waals surface area contributed by atoms with Crippen LogP contribution in [0.3, 0.4) is 0 Å². The Balaban J connectivity index is 3.02. The summed E-state index contributed by atoms with van der Waals surface area (Å²) in [6.07, 6.45) is -1.01. The van der Waals surface area contributed by atoms with Crippen molar-refractivity contribution in [2.24, 2.45) is 0 Å². The number of hydrogen-bond donors (Lipinski definition) is 4. The minimum Gasteiger partial charge on any atom is -0.450 e. The maximum Gasteiger partial charge on any atom is 0.414 e. The van der Waals surface area contributed by atoms with Gasteiger partial charge in [-0.2, -0.15) is 0 Å². The Morgan fingerprint density at radius 3 is 2.53 bits per heavy atom. The highest BCUT2D eigenvalue weighted by atomic mass is 16.5. The normalized spacial score (nSPS) is 9.71. The van der Waals surface area contributed by atoms with Crippen LogP contribution in [0.25, 0.3) is 0 Å². The highest BCUT2D eigenvalue weighted by Crippen LogP contribution is 1.98. The van der Waals surface area contributed by atoms with Crippen LogP contribution in [0, 0.1) is 0 Å². The van der Waals surface area contributed by atoms with Gasteiger partial charge in [-0.1, -0.05) is 0 Å². The average molecular weight is 242 g/mol. The summed E-state index contributed by atoms with van der Waals surface area (Å²) in [5.41, 5.74) is 2.89. The molecule has 0 spiro atoms. The van der Waals surface area contributed by atoms with Crippen molar-refractivity contribution in [3.05, 3.63) is 26.4 Å². The molecule has 0 bridgehead atoms. The number of ether oxygens (including phenoxy) is 1. The van der Waals surface area contributed by atoms with Crippen LogP contribution in [0.15, 0.2) is 9.59 Å². The summed E-state index contributed by atoms with van der Waals surface area (Å²) in [4.78, 5) is 48.3. The highest BCUT2D eigenvalue weighted by molar-refractivity contribution is 6.05. The van der Waals surface area contributed by atoms with Gasteiger partial charge < -0.3 is 10.5 Å². The van der Waals surface area contributed by atoms with Gasteiger partial charge in [0.05, 0.1) is 6.61 Å². The van der Waals surface area contributed by atoms with Gasteiger partial charge in [-0.05, 0) is 6.92 Å². The van der Waals surface area contributed by atoms with Gasteiger partial charge in [-0.15, -0.1) is 0 Å². The van der Waals surface area contributed by atoms with E-state index in [-0.39, 0.29) is 6.61 Å². The first-order chi connectivity index (χ1) is 7.95. The van der Waals surface area contributed by atoms with Crippen molar-refractivity contribution >= 4 is 17.8 Å². The van der Waals surface area contributed by atoms with Crippen molar-refractivity contribution < 1.29 is 14.3 Å². The summed E-state index contributed by atoms with van der Waals surface area (Å²) in [6, 6.07) is 0. The SMILES string of the molecule is CCOC(=O)NC(=O)c1c(N)[nH]c(=O)[nH]c1=O. The molecular weight excluding hydrogens is 232 g/mol. The van der Waals surface area contributed by atoms with Crippen LogP contribution in [-0.4, -0.2) is 28.6 Å². The molecule has 0 atom stereocenters. The van der Waals surface area contributed by atoms with Crippen molar-refractivity contribution in [3.8, 4) is 0 Å². The largest absolute Gasteiger partial charge is 0.450 e. The second kappa shape index (κ2) is 4.96. The number of anilines is 1. The molecule has 0 aromatic carbocycles. The van der Waals surface area contributed by atoms with E-state index in [0.29, 0.717) is 0 Å². The summed E-state index contributed by atoms with van der Waals surface area (Å²) < 4.78 is 4.44. The number of carbonyl (C=O) groups is 2. The second-order valence-corrected chi connectivity index (χ2v) is 2.87.